The van der Waals surface area contributed by atoms with Gasteiger partial charge in [0.25, 0.3) is 0 Å². The van der Waals surface area contributed by atoms with Gasteiger partial charge in [0.15, 0.2) is 5.78 Å². The summed E-state index contributed by atoms with van der Waals surface area (Å²) in [6.07, 6.45) is 1.86. The normalized spacial score (nSPS) is 12.6. The molecular weight excluding hydrogens is 280 g/mol. The number of benzene rings is 1. The first-order valence-electron chi connectivity index (χ1n) is 7.17. The van der Waals surface area contributed by atoms with Crippen LogP contribution in [-0.2, 0) is 15.6 Å². The third kappa shape index (κ3) is 4.20. The van der Waals surface area contributed by atoms with Crippen LogP contribution in [-0.4, -0.2) is 22.0 Å². The zero-order valence-corrected chi connectivity index (χ0v) is 14.0. The lowest BCUT2D eigenvalue weighted by Crippen LogP contribution is -2.18. The standard InChI is InChI=1S/C18H24O4/c1-17(2,3)12-9-11(14(19)7-8-15(20)21)10-13(16(12)22)18(4,5)6/h7-10,22H,1-6H3,(H,20,21)/b8-7+. The van der Waals surface area contributed by atoms with Crippen molar-refractivity contribution in [1.82, 2.24) is 0 Å². The Balaban J connectivity index is 3.55. The molecule has 0 aliphatic rings. The molecule has 0 radical (unpaired) electrons. The number of carbonyl (C=O) groups excluding carboxylic acids is 1. The monoisotopic (exact) mass is 304 g/mol. The van der Waals surface area contributed by atoms with Crippen molar-refractivity contribution in [2.24, 2.45) is 0 Å². The fourth-order valence-corrected chi connectivity index (χ4v) is 2.16. The molecule has 0 saturated heterocycles. The van der Waals surface area contributed by atoms with Crippen molar-refractivity contribution in [3.05, 3.63) is 41.0 Å². The molecule has 0 heterocycles. The molecule has 0 aliphatic heterocycles. The van der Waals surface area contributed by atoms with Crippen LogP contribution < -0.4 is 0 Å². The zero-order valence-electron chi connectivity index (χ0n) is 14.0. The number of phenols is 1. The SMILES string of the molecule is CC(C)(C)c1cc(C(=O)/C=C/C(=O)O)cc(C(C)(C)C)c1O. The maximum absolute atomic E-state index is 12.2. The number of aromatic hydroxyl groups is 1. The molecular formula is C18H24O4. The summed E-state index contributed by atoms with van der Waals surface area (Å²) in [7, 11) is 0. The van der Waals surface area contributed by atoms with Gasteiger partial charge in [-0.05, 0) is 29.0 Å². The summed E-state index contributed by atoms with van der Waals surface area (Å²) in [6, 6.07) is 3.28. The summed E-state index contributed by atoms with van der Waals surface area (Å²) >= 11 is 0. The van der Waals surface area contributed by atoms with Crippen molar-refractivity contribution in [2.45, 2.75) is 52.4 Å². The Kier molecular flexibility index (Phi) is 4.86. The van der Waals surface area contributed by atoms with Gasteiger partial charge in [-0.1, -0.05) is 41.5 Å². The minimum atomic E-state index is -1.17. The van der Waals surface area contributed by atoms with Crippen LogP contribution in [0.1, 0.15) is 63.0 Å². The lowest BCUT2D eigenvalue weighted by atomic mass is 9.78. The molecule has 0 atom stereocenters. The largest absolute Gasteiger partial charge is 0.507 e. The minimum absolute atomic E-state index is 0.193. The highest BCUT2D eigenvalue weighted by molar-refractivity contribution is 6.07. The van der Waals surface area contributed by atoms with Crippen LogP contribution in [0.15, 0.2) is 24.3 Å². The topological polar surface area (TPSA) is 74.6 Å². The number of carbonyl (C=O) groups is 2. The molecule has 0 unspecified atom stereocenters. The molecule has 2 N–H and O–H groups in total. The summed E-state index contributed by atoms with van der Waals surface area (Å²) in [4.78, 5) is 22.7. The van der Waals surface area contributed by atoms with Crippen molar-refractivity contribution in [3.63, 3.8) is 0 Å². The van der Waals surface area contributed by atoms with Gasteiger partial charge in [-0.15, -0.1) is 0 Å². The number of rotatable bonds is 3. The highest BCUT2D eigenvalue weighted by atomic mass is 16.4. The van der Waals surface area contributed by atoms with Gasteiger partial charge in [0, 0.05) is 22.8 Å². The van der Waals surface area contributed by atoms with Gasteiger partial charge in [0.2, 0.25) is 0 Å². The van der Waals surface area contributed by atoms with E-state index in [4.69, 9.17) is 5.11 Å². The second kappa shape index (κ2) is 5.95. The van der Waals surface area contributed by atoms with Crippen LogP contribution in [0.5, 0.6) is 5.75 Å². The molecule has 1 aromatic rings. The fourth-order valence-electron chi connectivity index (χ4n) is 2.16. The smallest absolute Gasteiger partial charge is 0.328 e. The Morgan fingerprint density at radius 2 is 1.32 bits per heavy atom. The molecule has 0 bridgehead atoms. The van der Waals surface area contributed by atoms with E-state index in [1.165, 1.54) is 0 Å². The lowest BCUT2D eigenvalue weighted by Gasteiger charge is -2.27. The van der Waals surface area contributed by atoms with Gasteiger partial charge in [-0.25, -0.2) is 4.79 Å². The van der Waals surface area contributed by atoms with Crippen molar-refractivity contribution >= 4 is 11.8 Å². The van der Waals surface area contributed by atoms with Crippen molar-refractivity contribution < 1.29 is 19.8 Å². The molecule has 0 aromatic heterocycles. The molecule has 0 saturated carbocycles. The van der Waals surface area contributed by atoms with Crippen LogP contribution in [0.2, 0.25) is 0 Å². The van der Waals surface area contributed by atoms with Gasteiger partial charge in [0.1, 0.15) is 5.75 Å². The number of carboxylic acids is 1. The number of aliphatic carboxylic acids is 1. The van der Waals surface area contributed by atoms with Gasteiger partial charge >= 0.3 is 5.97 Å². The molecule has 22 heavy (non-hydrogen) atoms. The average molecular weight is 304 g/mol. The summed E-state index contributed by atoms with van der Waals surface area (Å²) in [5.41, 5.74) is 1.05. The van der Waals surface area contributed by atoms with Crippen molar-refractivity contribution in [2.75, 3.05) is 0 Å². The lowest BCUT2D eigenvalue weighted by molar-refractivity contribution is -0.131. The first-order chi connectivity index (χ1) is 9.84. The van der Waals surface area contributed by atoms with Crippen molar-refractivity contribution in [3.8, 4) is 5.75 Å². The third-order valence-corrected chi connectivity index (χ3v) is 3.39. The zero-order chi connectivity index (χ0) is 17.3. The third-order valence-electron chi connectivity index (χ3n) is 3.39. The summed E-state index contributed by atoms with van der Waals surface area (Å²) < 4.78 is 0. The van der Waals surface area contributed by atoms with Crippen LogP contribution >= 0.6 is 0 Å². The summed E-state index contributed by atoms with van der Waals surface area (Å²) in [6.45, 7) is 11.7. The number of hydrogen-bond acceptors (Lipinski definition) is 3. The first-order valence-corrected chi connectivity index (χ1v) is 7.17. The molecule has 0 amide bonds. The minimum Gasteiger partial charge on any atom is -0.507 e. The van der Waals surface area contributed by atoms with E-state index in [0.717, 1.165) is 12.2 Å². The maximum atomic E-state index is 12.2. The quantitative estimate of drug-likeness (QED) is 0.657. The van der Waals surface area contributed by atoms with E-state index in [1.54, 1.807) is 12.1 Å². The van der Waals surface area contributed by atoms with Crippen LogP contribution in [0.25, 0.3) is 0 Å². The molecule has 0 aliphatic carbocycles. The van der Waals surface area contributed by atoms with Crippen molar-refractivity contribution in [1.29, 1.82) is 0 Å². The Morgan fingerprint density at radius 3 is 1.64 bits per heavy atom. The average Bonchev–Trinajstić information content (AvgIpc) is 2.33. The number of allylic oxidation sites excluding steroid dienone is 1. The van der Waals surface area contributed by atoms with E-state index >= 15 is 0 Å². The van der Waals surface area contributed by atoms with E-state index < -0.39 is 11.8 Å². The predicted octanol–water partition coefficient (Wildman–Crippen LogP) is 3.81. The number of hydrogen-bond donors (Lipinski definition) is 2. The Labute approximate surface area is 131 Å². The van der Waals surface area contributed by atoms with Crippen LogP contribution in [0, 0.1) is 0 Å². The van der Waals surface area contributed by atoms with Gasteiger partial charge < -0.3 is 10.2 Å². The molecule has 4 nitrogen and oxygen atoms in total. The summed E-state index contributed by atoms with van der Waals surface area (Å²) in [5, 5.41) is 19.2. The Bertz CT molecular complexity index is 590. The molecule has 0 fully saturated rings. The second-order valence-electron chi connectivity index (χ2n) is 7.46. The molecule has 4 heteroatoms. The second-order valence-corrected chi connectivity index (χ2v) is 7.46. The van der Waals surface area contributed by atoms with Crippen LogP contribution in [0.4, 0.5) is 0 Å². The predicted molar refractivity (Wildman–Crippen MR) is 86.6 cm³/mol. The molecule has 0 spiro atoms. The Hall–Kier alpha value is -2.10. The molecule has 1 aromatic carbocycles. The van der Waals surface area contributed by atoms with E-state index in [0.29, 0.717) is 16.7 Å². The van der Waals surface area contributed by atoms with Crippen LogP contribution in [0.3, 0.4) is 0 Å². The van der Waals surface area contributed by atoms with Gasteiger partial charge in [-0.2, -0.15) is 0 Å². The number of ketones is 1. The summed E-state index contributed by atoms with van der Waals surface area (Å²) in [5.74, 6) is -1.36. The number of carboxylic acid groups (broad SMARTS) is 1. The van der Waals surface area contributed by atoms with E-state index in [9.17, 15) is 14.7 Å². The molecule has 120 valence electrons. The number of phenolic OH excluding ortho intramolecular Hbond substituents is 1. The highest BCUT2D eigenvalue weighted by Gasteiger charge is 2.27. The molecule has 1 rings (SSSR count). The fraction of sp³-hybridized carbons (Fsp3) is 0.444. The highest BCUT2D eigenvalue weighted by Crippen LogP contribution is 2.39. The maximum Gasteiger partial charge on any atom is 0.328 e. The van der Waals surface area contributed by atoms with Gasteiger partial charge in [0.05, 0.1) is 0 Å². The van der Waals surface area contributed by atoms with E-state index in [-0.39, 0.29) is 16.6 Å². The van der Waals surface area contributed by atoms with Gasteiger partial charge in [-0.3, -0.25) is 4.79 Å². The van der Waals surface area contributed by atoms with E-state index in [2.05, 4.69) is 0 Å². The first kappa shape index (κ1) is 18.0. The van der Waals surface area contributed by atoms with E-state index in [1.807, 2.05) is 41.5 Å². The Morgan fingerprint density at radius 1 is 0.909 bits per heavy atom.